The van der Waals surface area contributed by atoms with Crippen LogP contribution in [-0.4, -0.2) is 12.9 Å². The summed E-state index contributed by atoms with van der Waals surface area (Å²) in [6, 6.07) is 3.58. The molecule has 17 heavy (non-hydrogen) atoms. The largest absolute Gasteiger partial charge is 0.573 e. The Balaban J connectivity index is 2.86. The van der Waals surface area contributed by atoms with Crippen LogP contribution in [0, 0.1) is 0 Å². The highest BCUT2D eigenvalue weighted by atomic mass is 35.5. The van der Waals surface area contributed by atoms with Crippen molar-refractivity contribution in [3.05, 3.63) is 28.8 Å². The Labute approximate surface area is 101 Å². The van der Waals surface area contributed by atoms with Gasteiger partial charge in [0.25, 0.3) is 0 Å². The van der Waals surface area contributed by atoms with E-state index in [-0.39, 0.29) is 11.1 Å². The lowest BCUT2D eigenvalue weighted by atomic mass is 10.0. The molecule has 0 saturated carbocycles. The summed E-state index contributed by atoms with van der Waals surface area (Å²) in [5, 5.41) is -0.132. The molecule has 0 aliphatic rings. The zero-order valence-electron chi connectivity index (χ0n) is 8.80. The van der Waals surface area contributed by atoms with E-state index >= 15 is 0 Å². The highest BCUT2D eigenvalue weighted by Crippen LogP contribution is 2.32. The van der Waals surface area contributed by atoms with Crippen LogP contribution in [0.15, 0.2) is 18.2 Å². The van der Waals surface area contributed by atoms with Gasteiger partial charge in [0.2, 0.25) is 0 Å². The maximum atomic E-state index is 12.0. The Kier molecular flexibility index (Phi) is 4.62. The molecule has 0 radical (unpaired) electrons. The standard InChI is InChI=1S/C10H12ClF3N2O/c11-7-5-6(8(16)3-4-15)1-2-9(7)17-10(12,13)14/h1-2,5,8H,3-4,15-16H2/t8-/m0/s1. The molecule has 0 unspecified atom stereocenters. The molecule has 0 spiro atoms. The lowest BCUT2D eigenvalue weighted by Crippen LogP contribution is -2.18. The maximum absolute atomic E-state index is 12.0. The number of rotatable bonds is 4. The molecule has 0 fully saturated rings. The second-order valence-corrected chi connectivity index (χ2v) is 3.83. The van der Waals surface area contributed by atoms with Gasteiger partial charge in [0, 0.05) is 6.04 Å². The molecule has 0 amide bonds. The highest BCUT2D eigenvalue weighted by molar-refractivity contribution is 6.32. The predicted molar refractivity (Wildman–Crippen MR) is 58.7 cm³/mol. The third-order valence-electron chi connectivity index (χ3n) is 2.09. The number of hydrogen-bond donors (Lipinski definition) is 2. The lowest BCUT2D eigenvalue weighted by molar-refractivity contribution is -0.274. The van der Waals surface area contributed by atoms with Crippen LogP contribution in [0.5, 0.6) is 5.75 Å². The van der Waals surface area contributed by atoms with Crippen molar-refractivity contribution in [1.82, 2.24) is 0 Å². The molecule has 4 N–H and O–H groups in total. The smallest absolute Gasteiger partial charge is 0.404 e. The number of nitrogens with two attached hydrogens (primary N) is 2. The number of benzene rings is 1. The van der Waals surface area contributed by atoms with Crippen LogP contribution >= 0.6 is 11.6 Å². The van der Waals surface area contributed by atoms with Gasteiger partial charge in [-0.3, -0.25) is 0 Å². The SMILES string of the molecule is NCC[C@H](N)c1ccc(OC(F)(F)F)c(Cl)c1. The second-order valence-electron chi connectivity index (χ2n) is 3.42. The summed E-state index contributed by atoms with van der Waals surface area (Å²) in [6.07, 6.45) is -4.24. The number of hydrogen-bond acceptors (Lipinski definition) is 3. The first-order valence-corrected chi connectivity index (χ1v) is 5.22. The molecule has 1 rings (SSSR count). The van der Waals surface area contributed by atoms with Crippen LogP contribution in [0.3, 0.4) is 0 Å². The van der Waals surface area contributed by atoms with Gasteiger partial charge in [-0.25, -0.2) is 0 Å². The predicted octanol–water partition coefficient (Wildman–Crippen LogP) is 2.59. The monoisotopic (exact) mass is 268 g/mol. The van der Waals surface area contributed by atoms with Crippen molar-refractivity contribution in [2.75, 3.05) is 6.54 Å². The maximum Gasteiger partial charge on any atom is 0.573 e. The molecule has 0 saturated heterocycles. The van der Waals surface area contributed by atoms with Crippen molar-refractivity contribution < 1.29 is 17.9 Å². The Morgan fingerprint density at radius 2 is 2.00 bits per heavy atom. The van der Waals surface area contributed by atoms with Crippen LogP contribution < -0.4 is 16.2 Å². The Morgan fingerprint density at radius 3 is 2.47 bits per heavy atom. The van der Waals surface area contributed by atoms with Gasteiger partial charge in [0.1, 0.15) is 5.75 Å². The molecule has 0 aliphatic heterocycles. The van der Waals surface area contributed by atoms with Gasteiger partial charge in [-0.05, 0) is 30.7 Å². The molecule has 0 bridgehead atoms. The van der Waals surface area contributed by atoms with Crippen LogP contribution in [-0.2, 0) is 0 Å². The average molecular weight is 269 g/mol. The van der Waals surface area contributed by atoms with Gasteiger partial charge in [-0.1, -0.05) is 17.7 Å². The Morgan fingerprint density at radius 1 is 1.35 bits per heavy atom. The zero-order chi connectivity index (χ0) is 13.1. The van der Waals surface area contributed by atoms with Crippen molar-refractivity contribution in [2.24, 2.45) is 11.5 Å². The van der Waals surface area contributed by atoms with Gasteiger partial charge in [0.05, 0.1) is 5.02 Å². The molecule has 96 valence electrons. The summed E-state index contributed by atoms with van der Waals surface area (Å²) in [5.41, 5.74) is 11.7. The molecular weight excluding hydrogens is 257 g/mol. The van der Waals surface area contributed by atoms with E-state index in [2.05, 4.69) is 4.74 Å². The van der Waals surface area contributed by atoms with E-state index in [1.165, 1.54) is 12.1 Å². The minimum absolute atomic E-state index is 0.132. The molecule has 0 aromatic heterocycles. The van der Waals surface area contributed by atoms with Crippen LogP contribution in [0.25, 0.3) is 0 Å². The van der Waals surface area contributed by atoms with Gasteiger partial charge < -0.3 is 16.2 Å². The highest BCUT2D eigenvalue weighted by Gasteiger charge is 2.32. The summed E-state index contributed by atoms with van der Waals surface area (Å²) >= 11 is 5.67. The third kappa shape index (κ3) is 4.41. The summed E-state index contributed by atoms with van der Waals surface area (Å²) in [4.78, 5) is 0. The van der Waals surface area contributed by atoms with Crippen LogP contribution in [0.4, 0.5) is 13.2 Å². The first-order chi connectivity index (χ1) is 7.83. The number of ether oxygens (including phenoxy) is 1. The molecule has 1 aromatic carbocycles. The molecule has 1 atom stereocenters. The molecule has 0 heterocycles. The Bertz CT molecular complexity index is 384. The van der Waals surface area contributed by atoms with E-state index in [9.17, 15) is 13.2 Å². The molecular formula is C10H12ClF3N2O. The summed E-state index contributed by atoms with van der Waals surface area (Å²) in [7, 11) is 0. The van der Waals surface area contributed by atoms with Crippen molar-refractivity contribution >= 4 is 11.6 Å². The van der Waals surface area contributed by atoms with Gasteiger partial charge >= 0.3 is 6.36 Å². The summed E-state index contributed by atoms with van der Waals surface area (Å²) in [6.45, 7) is 0.388. The minimum atomic E-state index is -4.76. The fourth-order valence-corrected chi connectivity index (χ4v) is 1.53. The first-order valence-electron chi connectivity index (χ1n) is 4.84. The van der Waals surface area contributed by atoms with Crippen molar-refractivity contribution in [2.45, 2.75) is 18.8 Å². The topological polar surface area (TPSA) is 61.3 Å². The lowest BCUT2D eigenvalue weighted by Gasteiger charge is -2.14. The van der Waals surface area contributed by atoms with E-state index in [4.69, 9.17) is 23.1 Å². The van der Waals surface area contributed by atoms with Crippen molar-refractivity contribution in [3.63, 3.8) is 0 Å². The molecule has 3 nitrogen and oxygen atoms in total. The van der Waals surface area contributed by atoms with Gasteiger partial charge in [-0.15, -0.1) is 13.2 Å². The second kappa shape index (κ2) is 5.57. The van der Waals surface area contributed by atoms with E-state index < -0.39 is 12.1 Å². The van der Waals surface area contributed by atoms with E-state index in [0.29, 0.717) is 18.5 Å². The van der Waals surface area contributed by atoms with Crippen molar-refractivity contribution in [1.29, 1.82) is 0 Å². The average Bonchev–Trinajstić information content (AvgIpc) is 2.19. The van der Waals surface area contributed by atoms with Gasteiger partial charge in [-0.2, -0.15) is 0 Å². The number of halogens is 4. The quantitative estimate of drug-likeness (QED) is 0.882. The minimum Gasteiger partial charge on any atom is -0.404 e. The van der Waals surface area contributed by atoms with E-state index in [0.717, 1.165) is 6.07 Å². The molecule has 7 heteroatoms. The fourth-order valence-electron chi connectivity index (χ4n) is 1.30. The van der Waals surface area contributed by atoms with E-state index in [1.54, 1.807) is 0 Å². The normalized spacial score (nSPS) is 13.5. The summed E-state index contributed by atoms with van der Waals surface area (Å²) < 4.78 is 39.7. The van der Waals surface area contributed by atoms with Gasteiger partial charge in [0.15, 0.2) is 0 Å². The fraction of sp³-hybridized carbons (Fsp3) is 0.400. The van der Waals surface area contributed by atoms with E-state index in [1.807, 2.05) is 0 Å². The van der Waals surface area contributed by atoms with Crippen LogP contribution in [0.2, 0.25) is 5.02 Å². The van der Waals surface area contributed by atoms with Crippen molar-refractivity contribution in [3.8, 4) is 5.75 Å². The van der Waals surface area contributed by atoms with Crippen LogP contribution in [0.1, 0.15) is 18.0 Å². The molecule has 1 aromatic rings. The summed E-state index contributed by atoms with van der Waals surface area (Å²) in [5.74, 6) is -0.442. The first kappa shape index (κ1) is 14.1. The number of alkyl halides is 3. The zero-order valence-corrected chi connectivity index (χ0v) is 9.55. The third-order valence-corrected chi connectivity index (χ3v) is 2.38. The Hall–Kier alpha value is -0.980. The molecule has 0 aliphatic carbocycles.